The first kappa shape index (κ1) is 16.1. The molecule has 2 amide bonds. The molecule has 1 saturated heterocycles. The highest BCUT2D eigenvalue weighted by molar-refractivity contribution is 5.87. The van der Waals surface area contributed by atoms with Gasteiger partial charge in [0.05, 0.1) is 12.8 Å². The number of anilines is 1. The van der Waals surface area contributed by atoms with Crippen molar-refractivity contribution >= 4 is 17.7 Å². The molecule has 120 valence electrons. The van der Waals surface area contributed by atoms with Crippen molar-refractivity contribution < 1.29 is 19.1 Å². The molecule has 1 heterocycles. The van der Waals surface area contributed by atoms with Crippen LogP contribution in [0.3, 0.4) is 0 Å². The Kier molecular flexibility index (Phi) is 4.59. The molecule has 2 N–H and O–H groups in total. The van der Waals surface area contributed by atoms with Crippen LogP contribution in [0, 0.1) is 0 Å². The number of ether oxygens (including phenoxy) is 2. The van der Waals surface area contributed by atoms with Gasteiger partial charge < -0.3 is 14.8 Å². The Morgan fingerprint density at radius 3 is 2.64 bits per heavy atom. The second-order valence-corrected chi connectivity index (χ2v) is 6.29. The number of carbonyl (C=O) groups is 2. The van der Waals surface area contributed by atoms with E-state index in [9.17, 15) is 9.59 Å². The summed E-state index contributed by atoms with van der Waals surface area (Å²) in [6.07, 6.45) is -0.0570. The number of benzene rings is 1. The van der Waals surface area contributed by atoms with Gasteiger partial charge in [-0.05, 0) is 38.5 Å². The maximum absolute atomic E-state index is 11.8. The fourth-order valence-electron chi connectivity index (χ4n) is 2.32. The van der Waals surface area contributed by atoms with Crippen LogP contribution in [0.5, 0.6) is 5.75 Å². The van der Waals surface area contributed by atoms with Crippen molar-refractivity contribution in [3.8, 4) is 5.75 Å². The van der Waals surface area contributed by atoms with Gasteiger partial charge in [0.15, 0.2) is 0 Å². The summed E-state index contributed by atoms with van der Waals surface area (Å²) in [5, 5.41) is 5.48. The Morgan fingerprint density at radius 1 is 1.36 bits per heavy atom. The summed E-state index contributed by atoms with van der Waals surface area (Å²) < 4.78 is 10.6. The van der Waals surface area contributed by atoms with Gasteiger partial charge in [-0.25, -0.2) is 4.79 Å². The first-order valence-corrected chi connectivity index (χ1v) is 7.23. The molecule has 1 unspecified atom stereocenters. The number of nitrogens with one attached hydrogen (secondary N) is 2. The molecule has 1 fully saturated rings. The largest absolute Gasteiger partial charge is 0.495 e. The van der Waals surface area contributed by atoms with Crippen molar-refractivity contribution in [3.05, 3.63) is 23.8 Å². The Hall–Kier alpha value is -2.24. The summed E-state index contributed by atoms with van der Waals surface area (Å²) in [6.45, 7) is 6.03. The van der Waals surface area contributed by atoms with E-state index in [2.05, 4.69) is 10.6 Å². The topological polar surface area (TPSA) is 76.7 Å². The van der Waals surface area contributed by atoms with Crippen molar-refractivity contribution in [2.24, 2.45) is 0 Å². The number of rotatable bonds is 3. The van der Waals surface area contributed by atoms with Crippen molar-refractivity contribution in [2.45, 2.75) is 38.7 Å². The van der Waals surface area contributed by atoms with Crippen LogP contribution < -0.4 is 15.4 Å². The van der Waals surface area contributed by atoms with Gasteiger partial charge in [-0.15, -0.1) is 0 Å². The molecule has 0 radical (unpaired) electrons. The van der Waals surface area contributed by atoms with Gasteiger partial charge in [-0.1, -0.05) is 6.07 Å². The van der Waals surface area contributed by atoms with Crippen LogP contribution in [0.25, 0.3) is 0 Å². The smallest absolute Gasteiger partial charge is 0.412 e. The second kappa shape index (κ2) is 6.25. The average Bonchev–Trinajstić information content (AvgIpc) is 2.83. The van der Waals surface area contributed by atoms with Crippen LogP contribution in [-0.2, 0) is 9.53 Å². The zero-order chi connectivity index (χ0) is 16.3. The Morgan fingerprint density at radius 2 is 2.09 bits per heavy atom. The molecule has 1 aromatic carbocycles. The third-order valence-electron chi connectivity index (χ3n) is 3.31. The molecule has 0 saturated carbocycles. The van der Waals surface area contributed by atoms with E-state index in [4.69, 9.17) is 9.47 Å². The minimum Gasteiger partial charge on any atom is -0.495 e. The van der Waals surface area contributed by atoms with E-state index in [0.717, 1.165) is 5.56 Å². The van der Waals surface area contributed by atoms with Gasteiger partial charge in [-0.3, -0.25) is 10.1 Å². The van der Waals surface area contributed by atoms with E-state index in [1.165, 1.54) is 7.11 Å². The summed E-state index contributed by atoms with van der Waals surface area (Å²) >= 11 is 0. The van der Waals surface area contributed by atoms with Gasteiger partial charge in [-0.2, -0.15) is 0 Å². The van der Waals surface area contributed by atoms with E-state index in [1.807, 2.05) is 12.1 Å². The van der Waals surface area contributed by atoms with E-state index >= 15 is 0 Å². The van der Waals surface area contributed by atoms with Crippen LogP contribution in [0.2, 0.25) is 0 Å². The fraction of sp³-hybridized carbons (Fsp3) is 0.500. The van der Waals surface area contributed by atoms with Crippen molar-refractivity contribution in [1.29, 1.82) is 0 Å². The molecular weight excluding hydrogens is 284 g/mol. The second-order valence-electron chi connectivity index (χ2n) is 6.29. The molecule has 6 heteroatoms. The van der Waals surface area contributed by atoms with Crippen LogP contribution in [0.1, 0.15) is 38.7 Å². The van der Waals surface area contributed by atoms with Gasteiger partial charge in [0.2, 0.25) is 5.91 Å². The standard InChI is InChI=1S/C16H22N2O4/c1-16(2,3)22-15(20)18-12-6-5-10(7-13(12)21-4)11-8-14(19)17-9-11/h5-7,11H,8-9H2,1-4H3,(H,17,19)(H,18,20). The summed E-state index contributed by atoms with van der Waals surface area (Å²) in [5.41, 5.74) is 0.982. The summed E-state index contributed by atoms with van der Waals surface area (Å²) in [5.74, 6) is 0.736. The van der Waals surface area contributed by atoms with E-state index in [0.29, 0.717) is 24.4 Å². The van der Waals surface area contributed by atoms with Crippen LogP contribution in [0.15, 0.2) is 18.2 Å². The minimum atomic E-state index is -0.562. The van der Waals surface area contributed by atoms with Gasteiger partial charge in [0.25, 0.3) is 0 Å². The number of methoxy groups -OCH3 is 1. The van der Waals surface area contributed by atoms with E-state index < -0.39 is 11.7 Å². The van der Waals surface area contributed by atoms with Gasteiger partial charge in [0, 0.05) is 18.9 Å². The third kappa shape index (κ3) is 4.13. The Bertz CT molecular complexity index is 578. The molecule has 0 spiro atoms. The van der Waals surface area contributed by atoms with Gasteiger partial charge in [0.1, 0.15) is 11.4 Å². The van der Waals surface area contributed by atoms with E-state index in [1.54, 1.807) is 26.8 Å². The minimum absolute atomic E-state index is 0.0555. The molecule has 0 aromatic heterocycles. The summed E-state index contributed by atoms with van der Waals surface area (Å²) in [4.78, 5) is 23.1. The number of amides is 2. The maximum atomic E-state index is 11.8. The quantitative estimate of drug-likeness (QED) is 0.900. The molecule has 2 rings (SSSR count). The van der Waals surface area contributed by atoms with Crippen LogP contribution in [0.4, 0.5) is 10.5 Å². The molecule has 6 nitrogen and oxygen atoms in total. The third-order valence-corrected chi connectivity index (χ3v) is 3.31. The van der Waals surface area contributed by atoms with E-state index in [-0.39, 0.29) is 11.8 Å². The van der Waals surface area contributed by atoms with Crippen molar-refractivity contribution in [3.63, 3.8) is 0 Å². The molecule has 1 aliphatic rings. The number of hydrogen-bond acceptors (Lipinski definition) is 4. The molecule has 0 bridgehead atoms. The fourth-order valence-corrected chi connectivity index (χ4v) is 2.32. The average molecular weight is 306 g/mol. The predicted molar refractivity (Wildman–Crippen MR) is 83.2 cm³/mol. The molecule has 0 aliphatic carbocycles. The highest BCUT2D eigenvalue weighted by atomic mass is 16.6. The first-order valence-electron chi connectivity index (χ1n) is 7.23. The lowest BCUT2D eigenvalue weighted by Crippen LogP contribution is -2.27. The van der Waals surface area contributed by atoms with Crippen LogP contribution >= 0.6 is 0 Å². The Balaban J connectivity index is 2.12. The van der Waals surface area contributed by atoms with Crippen LogP contribution in [-0.4, -0.2) is 31.3 Å². The molecular formula is C16H22N2O4. The summed E-state index contributed by atoms with van der Waals surface area (Å²) in [6, 6.07) is 5.50. The highest BCUT2D eigenvalue weighted by Crippen LogP contribution is 2.31. The predicted octanol–water partition coefficient (Wildman–Crippen LogP) is 2.65. The lowest BCUT2D eigenvalue weighted by Gasteiger charge is -2.20. The lowest BCUT2D eigenvalue weighted by atomic mass is 9.97. The monoisotopic (exact) mass is 306 g/mol. The zero-order valence-electron chi connectivity index (χ0n) is 13.4. The molecule has 1 aliphatic heterocycles. The SMILES string of the molecule is COc1cc(C2CNC(=O)C2)ccc1NC(=O)OC(C)(C)C. The highest BCUT2D eigenvalue weighted by Gasteiger charge is 2.24. The number of hydrogen-bond donors (Lipinski definition) is 2. The maximum Gasteiger partial charge on any atom is 0.412 e. The lowest BCUT2D eigenvalue weighted by molar-refractivity contribution is -0.119. The zero-order valence-corrected chi connectivity index (χ0v) is 13.4. The first-order chi connectivity index (χ1) is 10.3. The number of carbonyl (C=O) groups excluding carboxylic acids is 2. The Labute approximate surface area is 130 Å². The molecule has 1 aromatic rings. The van der Waals surface area contributed by atoms with Crippen molar-refractivity contribution in [1.82, 2.24) is 5.32 Å². The molecule has 1 atom stereocenters. The van der Waals surface area contributed by atoms with Crippen molar-refractivity contribution in [2.75, 3.05) is 19.0 Å². The summed E-state index contributed by atoms with van der Waals surface area (Å²) in [7, 11) is 1.54. The normalized spacial score (nSPS) is 17.8. The van der Waals surface area contributed by atoms with Gasteiger partial charge >= 0.3 is 6.09 Å². The molecule has 22 heavy (non-hydrogen) atoms.